The van der Waals surface area contributed by atoms with E-state index in [0.29, 0.717) is 23.5 Å². The van der Waals surface area contributed by atoms with Gasteiger partial charge in [0, 0.05) is 37.4 Å². The number of nitrogens with two attached hydrogens (primary N) is 2. The van der Waals surface area contributed by atoms with Crippen molar-refractivity contribution in [1.29, 1.82) is 0 Å². The van der Waals surface area contributed by atoms with Crippen molar-refractivity contribution in [3.63, 3.8) is 0 Å². The summed E-state index contributed by atoms with van der Waals surface area (Å²) in [4.78, 5) is 17.8. The summed E-state index contributed by atoms with van der Waals surface area (Å²) < 4.78 is 0. The highest BCUT2D eigenvalue weighted by molar-refractivity contribution is 5.99. The van der Waals surface area contributed by atoms with Gasteiger partial charge in [0.2, 0.25) is 0 Å². The minimum Gasteiger partial charge on any atom is -0.399 e. The van der Waals surface area contributed by atoms with Gasteiger partial charge in [-0.05, 0) is 35.9 Å². The van der Waals surface area contributed by atoms with Gasteiger partial charge in [-0.2, -0.15) is 0 Å². The molecule has 1 aromatic carbocycles. The third kappa shape index (κ3) is 3.01. The summed E-state index contributed by atoms with van der Waals surface area (Å²) in [5.41, 5.74) is 13.9. The molecular formula is C14H16N4O. The summed E-state index contributed by atoms with van der Waals surface area (Å²) in [6, 6.07) is 8.65. The van der Waals surface area contributed by atoms with E-state index in [4.69, 9.17) is 11.5 Å². The monoisotopic (exact) mass is 256 g/mol. The van der Waals surface area contributed by atoms with Crippen LogP contribution >= 0.6 is 0 Å². The van der Waals surface area contributed by atoms with Crippen molar-refractivity contribution in [2.24, 2.45) is 0 Å². The molecule has 0 aliphatic heterocycles. The van der Waals surface area contributed by atoms with Crippen LogP contribution in [0.3, 0.4) is 0 Å². The van der Waals surface area contributed by atoms with Crippen LogP contribution in [0.2, 0.25) is 0 Å². The van der Waals surface area contributed by atoms with Gasteiger partial charge in [-0.15, -0.1) is 0 Å². The number of nitrogens with zero attached hydrogens (tertiary/aromatic N) is 2. The van der Waals surface area contributed by atoms with Crippen LogP contribution in [-0.4, -0.2) is 22.8 Å². The number of anilines is 2. The van der Waals surface area contributed by atoms with Crippen LogP contribution in [0, 0.1) is 0 Å². The van der Waals surface area contributed by atoms with Crippen molar-refractivity contribution < 1.29 is 4.79 Å². The number of carbonyl (C=O) groups excluding carboxylic acids is 1. The van der Waals surface area contributed by atoms with Crippen LogP contribution in [0.25, 0.3) is 0 Å². The Balaban J connectivity index is 2.15. The van der Waals surface area contributed by atoms with Crippen LogP contribution in [0.5, 0.6) is 0 Å². The number of pyridine rings is 1. The summed E-state index contributed by atoms with van der Waals surface area (Å²) in [5, 5.41) is 0. The number of benzene rings is 1. The average Bonchev–Trinajstić information content (AvgIpc) is 2.39. The second kappa shape index (κ2) is 5.39. The minimum absolute atomic E-state index is 0.130. The molecule has 2 rings (SSSR count). The molecule has 1 aromatic heterocycles. The standard InChI is InChI=1S/C14H16N4O/c1-18(9-10-4-6-17-7-5-10)14(19)12-3-2-11(15)8-13(12)16/h2-8H,9,15-16H2,1H3. The van der Waals surface area contributed by atoms with Gasteiger partial charge in [-0.3, -0.25) is 9.78 Å². The molecule has 5 heteroatoms. The first-order valence-corrected chi connectivity index (χ1v) is 5.87. The summed E-state index contributed by atoms with van der Waals surface area (Å²) in [6.07, 6.45) is 3.40. The predicted molar refractivity (Wildman–Crippen MR) is 75.3 cm³/mol. The molecule has 0 spiro atoms. The topological polar surface area (TPSA) is 85.2 Å². The average molecular weight is 256 g/mol. The van der Waals surface area contributed by atoms with Crippen molar-refractivity contribution in [2.45, 2.75) is 6.54 Å². The van der Waals surface area contributed by atoms with Crippen LogP contribution < -0.4 is 11.5 Å². The highest BCUT2D eigenvalue weighted by atomic mass is 16.2. The van der Waals surface area contributed by atoms with E-state index in [2.05, 4.69) is 4.98 Å². The molecule has 0 unspecified atom stereocenters. The first kappa shape index (κ1) is 12.9. The van der Waals surface area contributed by atoms with E-state index in [0.717, 1.165) is 5.56 Å². The van der Waals surface area contributed by atoms with Gasteiger partial charge in [0.15, 0.2) is 0 Å². The van der Waals surface area contributed by atoms with Gasteiger partial charge in [0.25, 0.3) is 5.91 Å². The first-order chi connectivity index (χ1) is 9.08. The fourth-order valence-corrected chi connectivity index (χ4v) is 1.82. The van der Waals surface area contributed by atoms with Crippen LogP contribution in [0.15, 0.2) is 42.7 Å². The van der Waals surface area contributed by atoms with Gasteiger partial charge in [-0.25, -0.2) is 0 Å². The lowest BCUT2D eigenvalue weighted by atomic mass is 10.1. The van der Waals surface area contributed by atoms with E-state index >= 15 is 0 Å². The maximum absolute atomic E-state index is 12.3. The molecule has 1 amide bonds. The van der Waals surface area contributed by atoms with Crippen molar-refractivity contribution in [3.8, 4) is 0 Å². The normalized spacial score (nSPS) is 10.2. The third-order valence-electron chi connectivity index (χ3n) is 2.82. The van der Waals surface area contributed by atoms with Crippen LogP contribution in [0.1, 0.15) is 15.9 Å². The van der Waals surface area contributed by atoms with Crippen molar-refractivity contribution in [3.05, 3.63) is 53.9 Å². The Morgan fingerprint density at radius 2 is 1.89 bits per heavy atom. The molecule has 19 heavy (non-hydrogen) atoms. The number of rotatable bonds is 3. The molecule has 0 aliphatic carbocycles. The van der Waals surface area contributed by atoms with E-state index in [-0.39, 0.29) is 5.91 Å². The van der Waals surface area contributed by atoms with Crippen LogP contribution in [-0.2, 0) is 6.54 Å². The molecule has 2 aromatic rings. The molecule has 0 bridgehead atoms. The van der Waals surface area contributed by atoms with E-state index in [9.17, 15) is 4.79 Å². The smallest absolute Gasteiger partial charge is 0.255 e. The lowest BCUT2D eigenvalue weighted by Crippen LogP contribution is -2.27. The van der Waals surface area contributed by atoms with E-state index in [1.54, 1.807) is 42.5 Å². The van der Waals surface area contributed by atoms with Gasteiger partial charge >= 0.3 is 0 Å². The molecule has 0 atom stereocenters. The van der Waals surface area contributed by atoms with Gasteiger partial charge in [-0.1, -0.05) is 0 Å². The maximum Gasteiger partial charge on any atom is 0.255 e. The van der Waals surface area contributed by atoms with Crippen molar-refractivity contribution >= 4 is 17.3 Å². The Kier molecular flexibility index (Phi) is 3.66. The number of aromatic nitrogens is 1. The quantitative estimate of drug-likeness (QED) is 0.815. The predicted octanol–water partition coefficient (Wildman–Crippen LogP) is 1.52. The number of hydrogen-bond acceptors (Lipinski definition) is 4. The Bertz CT molecular complexity index is 583. The molecular weight excluding hydrogens is 240 g/mol. The second-order valence-corrected chi connectivity index (χ2v) is 4.36. The lowest BCUT2D eigenvalue weighted by Gasteiger charge is -2.18. The molecule has 4 N–H and O–H groups in total. The molecule has 0 aliphatic rings. The van der Waals surface area contributed by atoms with E-state index < -0.39 is 0 Å². The number of amides is 1. The van der Waals surface area contributed by atoms with Crippen molar-refractivity contribution in [2.75, 3.05) is 18.5 Å². The minimum atomic E-state index is -0.130. The fraction of sp³-hybridized carbons (Fsp3) is 0.143. The number of nitrogen functional groups attached to an aromatic ring is 2. The van der Waals surface area contributed by atoms with Gasteiger partial charge in [0.1, 0.15) is 0 Å². The second-order valence-electron chi connectivity index (χ2n) is 4.36. The number of hydrogen-bond donors (Lipinski definition) is 2. The number of carbonyl (C=O) groups is 1. The van der Waals surface area contributed by atoms with Crippen molar-refractivity contribution in [1.82, 2.24) is 9.88 Å². The summed E-state index contributed by atoms with van der Waals surface area (Å²) in [6.45, 7) is 0.505. The lowest BCUT2D eigenvalue weighted by molar-refractivity contribution is 0.0786. The summed E-state index contributed by atoms with van der Waals surface area (Å²) in [7, 11) is 1.73. The zero-order valence-corrected chi connectivity index (χ0v) is 10.7. The molecule has 0 saturated carbocycles. The van der Waals surface area contributed by atoms with Gasteiger partial charge < -0.3 is 16.4 Å². The summed E-state index contributed by atoms with van der Waals surface area (Å²) >= 11 is 0. The Hall–Kier alpha value is -2.56. The highest BCUT2D eigenvalue weighted by Crippen LogP contribution is 2.18. The van der Waals surface area contributed by atoms with Crippen LogP contribution in [0.4, 0.5) is 11.4 Å². The zero-order valence-electron chi connectivity index (χ0n) is 10.7. The molecule has 0 fully saturated rings. The Labute approximate surface area is 111 Å². The molecule has 1 heterocycles. The molecule has 5 nitrogen and oxygen atoms in total. The van der Waals surface area contributed by atoms with E-state index in [1.807, 2.05) is 12.1 Å². The van der Waals surface area contributed by atoms with E-state index in [1.165, 1.54) is 0 Å². The maximum atomic E-state index is 12.3. The SMILES string of the molecule is CN(Cc1ccncc1)C(=O)c1ccc(N)cc1N. The molecule has 0 saturated heterocycles. The zero-order chi connectivity index (χ0) is 13.8. The van der Waals surface area contributed by atoms with Gasteiger partial charge in [0.05, 0.1) is 5.56 Å². The summed E-state index contributed by atoms with van der Waals surface area (Å²) in [5.74, 6) is -0.130. The Morgan fingerprint density at radius 1 is 1.21 bits per heavy atom. The third-order valence-corrected chi connectivity index (χ3v) is 2.82. The fourth-order valence-electron chi connectivity index (χ4n) is 1.82. The highest BCUT2D eigenvalue weighted by Gasteiger charge is 2.14. The Morgan fingerprint density at radius 3 is 2.53 bits per heavy atom. The first-order valence-electron chi connectivity index (χ1n) is 5.87. The molecule has 0 radical (unpaired) electrons. The molecule has 98 valence electrons. The largest absolute Gasteiger partial charge is 0.399 e.